The third-order valence-corrected chi connectivity index (χ3v) is 5.93. The van der Waals surface area contributed by atoms with Crippen molar-refractivity contribution in [1.29, 1.82) is 0 Å². The lowest BCUT2D eigenvalue weighted by Gasteiger charge is -2.22. The van der Waals surface area contributed by atoms with E-state index in [1.807, 2.05) is 11.3 Å². The first-order valence-corrected chi connectivity index (χ1v) is 9.73. The highest BCUT2D eigenvalue weighted by molar-refractivity contribution is 7.98. The maximum atomic E-state index is 4.91. The second-order valence-corrected chi connectivity index (χ2v) is 7.37. The van der Waals surface area contributed by atoms with Crippen LogP contribution in [0.1, 0.15) is 42.8 Å². The van der Waals surface area contributed by atoms with Crippen LogP contribution >= 0.6 is 23.1 Å². The fourth-order valence-electron chi connectivity index (χ4n) is 2.79. The van der Waals surface area contributed by atoms with Crippen molar-refractivity contribution in [2.24, 2.45) is 0 Å². The Morgan fingerprint density at radius 2 is 2.14 bits per heavy atom. The van der Waals surface area contributed by atoms with Crippen molar-refractivity contribution in [3.8, 4) is 10.6 Å². The predicted molar refractivity (Wildman–Crippen MR) is 93.3 cm³/mol. The zero-order valence-electron chi connectivity index (χ0n) is 12.7. The Morgan fingerprint density at radius 1 is 1.33 bits per heavy atom. The second kappa shape index (κ2) is 6.95. The van der Waals surface area contributed by atoms with E-state index in [9.17, 15) is 0 Å². The largest absolute Gasteiger partial charge is 0.309 e. The van der Waals surface area contributed by atoms with Crippen molar-refractivity contribution in [2.45, 2.75) is 43.5 Å². The average Bonchev–Trinajstić information content (AvgIpc) is 2.97. The van der Waals surface area contributed by atoms with Crippen LogP contribution in [-0.4, -0.2) is 17.8 Å². The fraction of sp³-hybridized carbons (Fsp3) is 0.471. The van der Waals surface area contributed by atoms with Gasteiger partial charge in [0.25, 0.3) is 0 Å². The molecule has 1 heterocycles. The molecular formula is C17H22N2S2. The van der Waals surface area contributed by atoms with E-state index in [0.29, 0.717) is 6.04 Å². The van der Waals surface area contributed by atoms with Crippen molar-refractivity contribution in [2.75, 3.05) is 12.8 Å². The number of thioether (sulfide) groups is 1. The molecule has 4 heteroatoms. The summed E-state index contributed by atoms with van der Waals surface area (Å²) in [5.74, 6) is 0. The average molecular weight is 319 g/mol. The summed E-state index contributed by atoms with van der Waals surface area (Å²) in [5, 5.41) is 4.86. The first-order valence-electron chi connectivity index (χ1n) is 7.69. The van der Waals surface area contributed by atoms with Gasteiger partial charge in [-0.25, -0.2) is 4.98 Å². The van der Waals surface area contributed by atoms with Crippen LogP contribution in [0, 0.1) is 0 Å². The molecule has 2 nitrogen and oxygen atoms in total. The Labute approximate surface area is 135 Å². The first kappa shape index (κ1) is 15.1. The number of aryl methyl sites for hydroxylation is 1. The van der Waals surface area contributed by atoms with E-state index in [1.165, 1.54) is 45.3 Å². The monoisotopic (exact) mass is 318 g/mol. The molecule has 1 N–H and O–H groups in total. The maximum Gasteiger partial charge on any atom is 0.123 e. The van der Waals surface area contributed by atoms with Gasteiger partial charge in [0.1, 0.15) is 5.01 Å². The van der Waals surface area contributed by atoms with Crippen molar-refractivity contribution in [3.05, 3.63) is 34.8 Å². The van der Waals surface area contributed by atoms with E-state index < -0.39 is 0 Å². The molecule has 0 bridgehead atoms. The molecule has 1 aliphatic carbocycles. The lowest BCUT2D eigenvalue weighted by molar-refractivity contribution is 0.465. The molecule has 0 saturated heterocycles. The minimum absolute atomic E-state index is 0.519. The zero-order valence-corrected chi connectivity index (χ0v) is 14.3. The van der Waals surface area contributed by atoms with Gasteiger partial charge in [0.15, 0.2) is 0 Å². The van der Waals surface area contributed by atoms with Gasteiger partial charge in [-0.1, -0.05) is 19.1 Å². The van der Waals surface area contributed by atoms with Crippen molar-refractivity contribution >= 4 is 23.1 Å². The van der Waals surface area contributed by atoms with Crippen LogP contribution in [0.4, 0.5) is 0 Å². The quantitative estimate of drug-likeness (QED) is 0.793. The summed E-state index contributed by atoms with van der Waals surface area (Å²) in [7, 11) is 0. The molecule has 3 rings (SSSR count). The molecule has 0 amide bonds. The molecule has 0 spiro atoms. The van der Waals surface area contributed by atoms with Crippen LogP contribution in [0.25, 0.3) is 10.6 Å². The normalized spacial score (nSPS) is 17.7. The van der Waals surface area contributed by atoms with Gasteiger partial charge in [0.05, 0.1) is 5.69 Å². The Bertz CT molecular complexity index is 589. The summed E-state index contributed by atoms with van der Waals surface area (Å²) >= 11 is 3.66. The summed E-state index contributed by atoms with van der Waals surface area (Å²) in [5.41, 5.74) is 2.57. The van der Waals surface area contributed by atoms with Crippen molar-refractivity contribution in [3.63, 3.8) is 0 Å². The molecule has 0 saturated carbocycles. The Balaban J connectivity index is 1.86. The van der Waals surface area contributed by atoms with Crippen LogP contribution in [-0.2, 0) is 6.42 Å². The Kier molecular flexibility index (Phi) is 4.99. The number of fused-ring (bicyclic) bond motifs is 1. The van der Waals surface area contributed by atoms with E-state index in [4.69, 9.17) is 4.98 Å². The van der Waals surface area contributed by atoms with Gasteiger partial charge in [0.2, 0.25) is 0 Å². The Morgan fingerprint density at radius 3 is 2.86 bits per heavy atom. The maximum absolute atomic E-state index is 4.91. The van der Waals surface area contributed by atoms with Gasteiger partial charge in [-0.2, -0.15) is 0 Å². The van der Waals surface area contributed by atoms with Gasteiger partial charge in [-0.3, -0.25) is 0 Å². The SMILES string of the molecule is CCCNC1CCCc2nc(-c3ccc(SC)cc3)sc21. The van der Waals surface area contributed by atoms with Crippen LogP contribution in [0.2, 0.25) is 0 Å². The number of hydrogen-bond acceptors (Lipinski definition) is 4. The van der Waals surface area contributed by atoms with E-state index in [-0.39, 0.29) is 0 Å². The zero-order chi connectivity index (χ0) is 14.7. The highest BCUT2D eigenvalue weighted by atomic mass is 32.2. The molecule has 1 aromatic carbocycles. The van der Waals surface area contributed by atoms with Gasteiger partial charge in [0, 0.05) is 21.4 Å². The number of nitrogens with zero attached hydrogens (tertiary/aromatic N) is 1. The summed E-state index contributed by atoms with van der Waals surface area (Å²) < 4.78 is 0. The van der Waals surface area contributed by atoms with E-state index in [0.717, 1.165) is 13.0 Å². The molecule has 0 fully saturated rings. The number of rotatable bonds is 5. The molecular weight excluding hydrogens is 296 g/mol. The van der Waals surface area contributed by atoms with Crippen LogP contribution in [0.15, 0.2) is 29.2 Å². The Hall–Kier alpha value is -0.840. The third kappa shape index (κ3) is 3.33. The summed E-state index contributed by atoms with van der Waals surface area (Å²) in [6, 6.07) is 9.29. The molecule has 0 radical (unpaired) electrons. The van der Waals surface area contributed by atoms with Gasteiger partial charge in [-0.05, 0) is 50.6 Å². The van der Waals surface area contributed by atoms with Gasteiger partial charge in [-0.15, -0.1) is 23.1 Å². The summed E-state index contributed by atoms with van der Waals surface area (Å²) in [6.07, 6.45) is 6.94. The van der Waals surface area contributed by atoms with Gasteiger partial charge < -0.3 is 5.32 Å². The van der Waals surface area contributed by atoms with E-state index in [1.54, 1.807) is 11.8 Å². The fourth-order valence-corrected chi connectivity index (χ4v) is 4.43. The molecule has 1 aromatic heterocycles. The highest BCUT2D eigenvalue weighted by Gasteiger charge is 2.24. The minimum Gasteiger partial charge on any atom is -0.309 e. The molecule has 21 heavy (non-hydrogen) atoms. The first-order chi connectivity index (χ1) is 10.3. The third-order valence-electron chi connectivity index (χ3n) is 3.93. The molecule has 2 aromatic rings. The minimum atomic E-state index is 0.519. The second-order valence-electron chi connectivity index (χ2n) is 5.46. The van der Waals surface area contributed by atoms with Gasteiger partial charge >= 0.3 is 0 Å². The van der Waals surface area contributed by atoms with Crippen LogP contribution < -0.4 is 5.32 Å². The topological polar surface area (TPSA) is 24.9 Å². The highest BCUT2D eigenvalue weighted by Crippen LogP contribution is 2.38. The molecule has 1 aliphatic rings. The number of nitrogens with one attached hydrogen (secondary N) is 1. The molecule has 1 unspecified atom stereocenters. The van der Waals surface area contributed by atoms with Crippen molar-refractivity contribution < 1.29 is 0 Å². The number of aromatic nitrogens is 1. The van der Waals surface area contributed by atoms with E-state index in [2.05, 4.69) is 42.8 Å². The lowest BCUT2D eigenvalue weighted by atomic mass is 9.98. The van der Waals surface area contributed by atoms with Crippen LogP contribution in [0.5, 0.6) is 0 Å². The summed E-state index contributed by atoms with van der Waals surface area (Å²) in [6.45, 7) is 3.32. The molecule has 112 valence electrons. The van der Waals surface area contributed by atoms with Crippen LogP contribution in [0.3, 0.4) is 0 Å². The number of benzene rings is 1. The van der Waals surface area contributed by atoms with E-state index >= 15 is 0 Å². The number of thiazole rings is 1. The summed E-state index contributed by atoms with van der Waals surface area (Å²) in [4.78, 5) is 7.69. The standard InChI is InChI=1S/C17H22N2S2/c1-3-11-18-14-5-4-6-15-16(14)21-17(19-15)12-7-9-13(20-2)10-8-12/h7-10,14,18H,3-6,11H2,1-2H3. The predicted octanol–water partition coefficient (Wildman–Crippen LogP) is 4.91. The number of hydrogen-bond donors (Lipinski definition) is 1. The smallest absolute Gasteiger partial charge is 0.123 e. The molecule has 1 atom stereocenters. The lowest BCUT2D eigenvalue weighted by Crippen LogP contribution is -2.24. The van der Waals surface area contributed by atoms with Crippen molar-refractivity contribution in [1.82, 2.24) is 10.3 Å². The molecule has 0 aliphatic heterocycles.